The number of para-hydroxylation sites is 1. The van der Waals surface area contributed by atoms with E-state index in [1.54, 1.807) is 54.6 Å². The summed E-state index contributed by atoms with van der Waals surface area (Å²) in [5, 5.41) is 5.41. The zero-order valence-electron chi connectivity index (χ0n) is 17.2. The number of sulfone groups is 1. The molecule has 0 aliphatic rings. The van der Waals surface area contributed by atoms with Crippen LogP contribution in [-0.2, 0) is 26.9 Å². The van der Waals surface area contributed by atoms with Gasteiger partial charge in [-0.1, -0.05) is 60.2 Å². The average molecular weight is 437 g/mol. The third kappa shape index (κ3) is 7.08. The fraction of sp³-hybridized carbons (Fsp3) is 0.167. The summed E-state index contributed by atoms with van der Waals surface area (Å²) in [7, 11) is -3.65. The number of amides is 2. The maximum absolute atomic E-state index is 12.4. The Bertz CT molecular complexity index is 1140. The van der Waals surface area contributed by atoms with E-state index >= 15 is 0 Å². The van der Waals surface area contributed by atoms with E-state index in [1.165, 1.54) is 0 Å². The number of nitrogens with one attached hydrogen (secondary N) is 2. The normalized spacial score (nSPS) is 11.0. The largest absolute Gasteiger partial charge is 0.348 e. The molecule has 2 amide bonds. The van der Waals surface area contributed by atoms with E-state index in [0.29, 0.717) is 23.4 Å². The summed E-state index contributed by atoms with van der Waals surface area (Å²) < 4.78 is 24.7. The Hall–Kier alpha value is -3.45. The Morgan fingerprint density at radius 1 is 0.806 bits per heavy atom. The van der Waals surface area contributed by atoms with Crippen LogP contribution in [0.4, 0.5) is 5.69 Å². The lowest BCUT2D eigenvalue weighted by Crippen LogP contribution is -2.24. The molecule has 0 aliphatic carbocycles. The van der Waals surface area contributed by atoms with Crippen LogP contribution in [0.1, 0.15) is 27.0 Å². The highest BCUT2D eigenvalue weighted by Gasteiger charge is 2.18. The van der Waals surface area contributed by atoms with Crippen LogP contribution in [0, 0.1) is 6.92 Å². The van der Waals surface area contributed by atoms with Gasteiger partial charge in [0.1, 0.15) is 5.75 Å². The minimum absolute atomic E-state index is 0.239. The molecule has 0 unspecified atom stereocenters. The Labute approximate surface area is 182 Å². The minimum atomic E-state index is -3.65. The van der Waals surface area contributed by atoms with Gasteiger partial charge in [0.15, 0.2) is 9.84 Å². The van der Waals surface area contributed by atoms with Crippen molar-refractivity contribution in [3.63, 3.8) is 0 Å². The van der Waals surface area contributed by atoms with E-state index < -0.39 is 21.5 Å². The van der Waals surface area contributed by atoms with Crippen LogP contribution < -0.4 is 10.6 Å². The number of benzene rings is 3. The third-order valence-corrected chi connectivity index (χ3v) is 6.06. The zero-order valence-corrected chi connectivity index (χ0v) is 18.0. The third-order valence-electron chi connectivity index (χ3n) is 4.58. The summed E-state index contributed by atoms with van der Waals surface area (Å²) >= 11 is 0. The van der Waals surface area contributed by atoms with E-state index in [0.717, 1.165) is 11.1 Å². The minimum Gasteiger partial charge on any atom is -0.348 e. The highest BCUT2D eigenvalue weighted by atomic mass is 32.2. The van der Waals surface area contributed by atoms with Crippen LogP contribution in [-0.4, -0.2) is 26.0 Å². The van der Waals surface area contributed by atoms with Crippen molar-refractivity contribution in [3.8, 4) is 0 Å². The maximum Gasteiger partial charge on any atom is 0.251 e. The van der Waals surface area contributed by atoms with Crippen molar-refractivity contribution in [3.05, 3.63) is 101 Å². The van der Waals surface area contributed by atoms with E-state index in [1.807, 2.05) is 31.2 Å². The highest BCUT2D eigenvalue weighted by Crippen LogP contribution is 2.11. The highest BCUT2D eigenvalue weighted by molar-refractivity contribution is 7.91. The number of hydrogen-bond donors (Lipinski definition) is 2. The van der Waals surface area contributed by atoms with E-state index in [4.69, 9.17) is 0 Å². The lowest BCUT2D eigenvalue weighted by atomic mass is 10.1. The molecule has 0 heterocycles. The molecule has 3 aromatic carbocycles. The predicted octanol–water partition coefficient (Wildman–Crippen LogP) is 3.48. The van der Waals surface area contributed by atoms with Gasteiger partial charge in [-0.25, -0.2) is 8.42 Å². The summed E-state index contributed by atoms with van der Waals surface area (Å²) in [6.45, 7) is 2.41. The molecule has 0 radical (unpaired) electrons. The van der Waals surface area contributed by atoms with Crippen molar-refractivity contribution in [1.29, 1.82) is 0 Å². The zero-order chi connectivity index (χ0) is 22.3. The molecule has 0 bridgehead atoms. The number of hydrogen-bond acceptors (Lipinski definition) is 4. The molecular formula is C24H24N2O4S. The Balaban J connectivity index is 1.53. The lowest BCUT2D eigenvalue weighted by Gasteiger charge is -2.08. The van der Waals surface area contributed by atoms with E-state index in [2.05, 4.69) is 10.6 Å². The van der Waals surface area contributed by atoms with Crippen molar-refractivity contribution < 1.29 is 18.0 Å². The summed E-state index contributed by atoms with van der Waals surface area (Å²) in [4.78, 5) is 24.3. The average Bonchev–Trinajstić information content (AvgIpc) is 2.73. The molecule has 3 aromatic rings. The summed E-state index contributed by atoms with van der Waals surface area (Å²) in [5.41, 5.74) is 3.65. The van der Waals surface area contributed by atoms with Gasteiger partial charge < -0.3 is 10.6 Å². The first kappa shape index (κ1) is 22.2. The Morgan fingerprint density at radius 2 is 1.42 bits per heavy atom. The molecule has 3 rings (SSSR count). The molecule has 160 valence electrons. The van der Waals surface area contributed by atoms with Gasteiger partial charge in [-0.05, 0) is 42.3 Å². The van der Waals surface area contributed by atoms with Crippen LogP contribution in [0.2, 0.25) is 0 Å². The Kier molecular flexibility index (Phi) is 7.20. The number of anilines is 1. The van der Waals surface area contributed by atoms with Gasteiger partial charge in [-0.2, -0.15) is 0 Å². The molecular weight excluding hydrogens is 412 g/mol. The van der Waals surface area contributed by atoms with Crippen molar-refractivity contribution in [2.75, 3.05) is 11.1 Å². The fourth-order valence-corrected chi connectivity index (χ4v) is 4.24. The first-order valence-electron chi connectivity index (χ1n) is 9.79. The first-order valence-corrected chi connectivity index (χ1v) is 11.6. The van der Waals surface area contributed by atoms with Crippen LogP contribution in [0.3, 0.4) is 0 Å². The van der Waals surface area contributed by atoms with Gasteiger partial charge in [0.2, 0.25) is 5.91 Å². The van der Waals surface area contributed by atoms with E-state index in [-0.39, 0.29) is 11.7 Å². The summed E-state index contributed by atoms with van der Waals surface area (Å²) in [5.74, 6) is -1.71. The molecule has 7 heteroatoms. The number of rotatable bonds is 8. The summed E-state index contributed by atoms with van der Waals surface area (Å²) in [6.07, 6.45) is 0. The Morgan fingerprint density at radius 3 is 2.06 bits per heavy atom. The molecule has 0 aliphatic heterocycles. The second kappa shape index (κ2) is 10.0. The second-order valence-electron chi connectivity index (χ2n) is 7.31. The topological polar surface area (TPSA) is 92.3 Å². The van der Waals surface area contributed by atoms with Crippen LogP contribution in [0.15, 0.2) is 78.9 Å². The smallest absolute Gasteiger partial charge is 0.251 e. The van der Waals surface area contributed by atoms with Gasteiger partial charge in [-0.15, -0.1) is 0 Å². The van der Waals surface area contributed by atoms with Crippen LogP contribution >= 0.6 is 0 Å². The number of carbonyl (C=O) groups excluding carboxylic acids is 2. The van der Waals surface area contributed by atoms with Crippen LogP contribution in [0.25, 0.3) is 0 Å². The number of carbonyl (C=O) groups is 2. The molecule has 0 atom stereocenters. The SMILES string of the molecule is Cc1ccc(CNC(=O)c2ccc(CS(=O)(=O)CC(=O)Nc3ccccc3)cc2)cc1. The standard InChI is InChI=1S/C24H24N2O4S/c1-18-7-9-19(10-8-18)15-25-24(28)21-13-11-20(12-14-21)16-31(29,30)17-23(27)26-22-5-3-2-4-6-22/h2-14H,15-17H2,1H3,(H,25,28)(H,26,27). The van der Waals surface area contributed by atoms with Gasteiger partial charge in [0.05, 0.1) is 5.75 Å². The fourth-order valence-electron chi connectivity index (χ4n) is 2.97. The van der Waals surface area contributed by atoms with Crippen molar-refractivity contribution >= 4 is 27.3 Å². The van der Waals surface area contributed by atoms with Gasteiger partial charge in [-0.3, -0.25) is 9.59 Å². The monoisotopic (exact) mass is 436 g/mol. The maximum atomic E-state index is 12.4. The van der Waals surface area contributed by atoms with Crippen molar-refractivity contribution in [1.82, 2.24) is 5.32 Å². The molecule has 0 spiro atoms. The van der Waals surface area contributed by atoms with E-state index in [9.17, 15) is 18.0 Å². The van der Waals surface area contributed by atoms with Crippen LogP contribution in [0.5, 0.6) is 0 Å². The van der Waals surface area contributed by atoms with Crippen molar-refractivity contribution in [2.24, 2.45) is 0 Å². The second-order valence-corrected chi connectivity index (χ2v) is 9.38. The quantitative estimate of drug-likeness (QED) is 0.565. The molecule has 0 aromatic heterocycles. The molecule has 0 saturated heterocycles. The van der Waals surface area contributed by atoms with Gasteiger partial charge >= 0.3 is 0 Å². The lowest BCUT2D eigenvalue weighted by molar-refractivity contribution is -0.113. The summed E-state index contributed by atoms with van der Waals surface area (Å²) in [6, 6.07) is 22.9. The molecule has 0 fully saturated rings. The predicted molar refractivity (Wildman–Crippen MR) is 121 cm³/mol. The molecule has 31 heavy (non-hydrogen) atoms. The molecule has 0 saturated carbocycles. The van der Waals surface area contributed by atoms with Gasteiger partial charge in [0, 0.05) is 17.8 Å². The molecule has 6 nitrogen and oxygen atoms in total. The van der Waals surface area contributed by atoms with Gasteiger partial charge in [0.25, 0.3) is 5.91 Å². The van der Waals surface area contributed by atoms with Crippen molar-refractivity contribution in [2.45, 2.75) is 19.2 Å². The number of aryl methyl sites for hydroxylation is 1. The molecule has 2 N–H and O–H groups in total. The first-order chi connectivity index (χ1) is 14.8.